The molecule has 0 spiro atoms. The third-order valence-corrected chi connectivity index (χ3v) is 5.49. The fraction of sp³-hybridized carbons (Fsp3) is 0.765. The molecule has 2 aliphatic rings. The van der Waals surface area contributed by atoms with E-state index in [2.05, 4.69) is 11.9 Å². The van der Waals surface area contributed by atoms with Crippen LogP contribution in [0.25, 0.3) is 0 Å². The van der Waals surface area contributed by atoms with E-state index in [0.29, 0.717) is 17.0 Å². The molecule has 0 saturated heterocycles. The summed E-state index contributed by atoms with van der Waals surface area (Å²) in [5.74, 6) is 3.10. The normalized spacial score (nSPS) is 27.9. The molecule has 0 unspecified atom stereocenters. The Morgan fingerprint density at radius 1 is 1.00 bits per heavy atom. The molecule has 1 aromatic heterocycles. The topological polar surface area (TPSA) is 25.8 Å². The summed E-state index contributed by atoms with van der Waals surface area (Å²) in [4.78, 5) is 9.43. The van der Waals surface area contributed by atoms with Gasteiger partial charge in [-0.1, -0.05) is 37.8 Å². The zero-order chi connectivity index (χ0) is 13.9. The smallest absolute Gasteiger partial charge is 0.133 e. The Kier molecular flexibility index (Phi) is 4.60. The minimum Gasteiger partial charge on any atom is -0.237 e. The summed E-state index contributed by atoms with van der Waals surface area (Å²) in [6.07, 6.45) is 11.7. The van der Waals surface area contributed by atoms with Crippen LogP contribution in [0.1, 0.15) is 88.1 Å². The van der Waals surface area contributed by atoms with Crippen molar-refractivity contribution in [2.45, 2.75) is 76.5 Å². The summed E-state index contributed by atoms with van der Waals surface area (Å²) in [7, 11) is 0. The third kappa shape index (κ3) is 3.16. The van der Waals surface area contributed by atoms with Crippen molar-refractivity contribution in [2.75, 3.05) is 0 Å². The highest BCUT2D eigenvalue weighted by Gasteiger charge is 2.25. The van der Waals surface area contributed by atoms with Crippen molar-refractivity contribution in [3.63, 3.8) is 0 Å². The summed E-state index contributed by atoms with van der Waals surface area (Å²) in [5.41, 5.74) is 1.20. The predicted octanol–water partition coefficient (Wildman–Crippen LogP) is 5.47. The van der Waals surface area contributed by atoms with Gasteiger partial charge in [0.1, 0.15) is 11.0 Å². The van der Waals surface area contributed by atoms with E-state index in [9.17, 15) is 0 Å². The van der Waals surface area contributed by atoms with E-state index in [0.717, 1.165) is 11.7 Å². The van der Waals surface area contributed by atoms with Crippen LogP contribution in [0.2, 0.25) is 5.15 Å². The molecule has 3 rings (SSSR count). The van der Waals surface area contributed by atoms with Gasteiger partial charge in [-0.25, -0.2) is 9.97 Å². The summed E-state index contributed by atoms with van der Waals surface area (Å²) >= 11 is 6.25. The fourth-order valence-electron chi connectivity index (χ4n) is 3.90. The molecule has 0 aromatic carbocycles. The lowest BCUT2D eigenvalue weighted by Crippen LogP contribution is -2.16. The van der Waals surface area contributed by atoms with E-state index in [1.54, 1.807) is 0 Å². The van der Waals surface area contributed by atoms with Crippen LogP contribution < -0.4 is 0 Å². The Bertz CT molecular complexity index is 446. The fourth-order valence-corrected chi connectivity index (χ4v) is 4.09. The average Bonchev–Trinajstić information content (AvgIpc) is 3.01. The van der Waals surface area contributed by atoms with Crippen molar-refractivity contribution in [1.82, 2.24) is 9.97 Å². The van der Waals surface area contributed by atoms with Gasteiger partial charge < -0.3 is 0 Å². The lowest BCUT2D eigenvalue weighted by molar-refractivity contribution is 0.311. The SMILES string of the molecule is CCC1CCC(c2nc(Cl)cc(C3CCCC3)n2)CC1. The van der Waals surface area contributed by atoms with E-state index in [-0.39, 0.29) is 0 Å². The van der Waals surface area contributed by atoms with Crippen molar-refractivity contribution in [1.29, 1.82) is 0 Å². The molecule has 3 heteroatoms. The Morgan fingerprint density at radius 3 is 2.35 bits per heavy atom. The van der Waals surface area contributed by atoms with Gasteiger partial charge in [0.05, 0.1) is 0 Å². The molecule has 2 fully saturated rings. The number of aromatic nitrogens is 2. The summed E-state index contributed by atoms with van der Waals surface area (Å²) < 4.78 is 0. The maximum atomic E-state index is 6.25. The Balaban J connectivity index is 1.76. The van der Waals surface area contributed by atoms with E-state index in [1.165, 1.54) is 63.5 Å². The molecule has 0 amide bonds. The molecule has 2 saturated carbocycles. The molecule has 2 aliphatic carbocycles. The van der Waals surface area contributed by atoms with Crippen LogP contribution in [0.5, 0.6) is 0 Å². The zero-order valence-electron chi connectivity index (χ0n) is 12.4. The van der Waals surface area contributed by atoms with Crippen LogP contribution in [0.15, 0.2) is 6.07 Å². The summed E-state index contributed by atoms with van der Waals surface area (Å²) in [6.45, 7) is 2.30. The molecule has 1 heterocycles. The number of hydrogen-bond donors (Lipinski definition) is 0. The maximum Gasteiger partial charge on any atom is 0.133 e. The largest absolute Gasteiger partial charge is 0.237 e. The molecule has 0 atom stereocenters. The minimum atomic E-state index is 0.539. The van der Waals surface area contributed by atoms with Gasteiger partial charge in [-0.05, 0) is 50.5 Å². The maximum absolute atomic E-state index is 6.25. The number of rotatable bonds is 3. The van der Waals surface area contributed by atoms with Crippen molar-refractivity contribution >= 4 is 11.6 Å². The van der Waals surface area contributed by atoms with Gasteiger partial charge in [-0.2, -0.15) is 0 Å². The van der Waals surface area contributed by atoms with Crippen LogP contribution in [0.4, 0.5) is 0 Å². The van der Waals surface area contributed by atoms with Crippen molar-refractivity contribution in [3.05, 3.63) is 22.7 Å². The van der Waals surface area contributed by atoms with Gasteiger partial charge in [0, 0.05) is 17.5 Å². The molecule has 0 N–H and O–H groups in total. The Labute approximate surface area is 127 Å². The average molecular weight is 293 g/mol. The van der Waals surface area contributed by atoms with Gasteiger partial charge in [0.25, 0.3) is 0 Å². The molecule has 1 aromatic rings. The molecule has 20 heavy (non-hydrogen) atoms. The first-order valence-electron chi connectivity index (χ1n) is 8.30. The second kappa shape index (κ2) is 6.43. The summed E-state index contributed by atoms with van der Waals surface area (Å²) in [5, 5.41) is 0.648. The van der Waals surface area contributed by atoms with Crippen molar-refractivity contribution in [3.8, 4) is 0 Å². The van der Waals surface area contributed by atoms with Gasteiger partial charge in [0.15, 0.2) is 0 Å². The van der Waals surface area contributed by atoms with Crippen LogP contribution >= 0.6 is 11.6 Å². The first kappa shape index (κ1) is 14.3. The highest BCUT2D eigenvalue weighted by atomic mass is 35.5. The van der Waals surface area contributed by atoms with E-state index in [4.69, 9.17) is 16.6 Å². The van der Waals surface area contributed by atoms with Gasteiger partial charge >= 0.3 is 0 Å². The van der Waals surface area contributed by atoms with Crippen LogP contribution in [0, 0.1) is 5.92 Å². The van der Waals surface area contributed by atoms with Crippen LogP contribution in [-0.2, 0) is 0 Å². The van der Waals surface area contributed by atoms with Gasteiger partial charge in [0.2, 0.25) is 0 Å². The zero-order valence-corrected chi connectivity index (χ0v) is 13.2. The lowest BCUT2D eigenvalue weighted by Gasteiger charge is -2.27. The van der Waals surface area contributed by atoms with Gasteiger partial charge in [-0.3, -0.25) is 0 Å². The predicted molar refractivity (Wildman–Crippen MR) is 83.2 cm³/mol. The molecule has 0 aliphatic heterocycles. The highest BCUT2D eigenvalue weighted by Crippen LogP contribution is 2.38. The number of nitrogens with zero attached hydrogens (tertiary/aromatic N) is 2. The minimum absolute atomic E-state index is 0.539. The molecule has 2 nitrogen and oxygen atoms in total. The van der Waals surface area contributed by atoms with Gasteiger partial charge in [-0.15, -0.1) is 0 Å². The Morgan fingerprint density at radius 2 is 1.70 bits per heavy atom. The first-order valence-corrected chi connectivity index (χ1v) is 8.68. The van der Waals surface area contributed by atoms with Crippen molar-refractivity contribution < 1.29 is 0 Å². The third-order valence-electron chi connectivity index (χ3n) is 5.29. The lowest BCUT2D eigenvalue weighted by atomic mass is 9.80. The second-order valence-corrected chi connectivity index (χ2v) is 6.97. The first-order chi connectivity index (χ1) is 9.76. The number of halogens is 1. The molecular formula is C17H25ClN2. The van der Waals surface area contributed by atoms with E-state index < -0.39 is 0 Å². The standard InChI is InChI=1S/C17H25ClN2/c1-2-12-7-9-14(10-8-12)17-19-15(11-16(18)20-17)13-5-3-4-6-13/h11-14H,2-10H2,1H3. The molecular weight excluding hydrogens is 268 g/mol. The monoisotopic (exact) mass is 292 g/mol. The quantitative estimate of drug-likeness (QED) is 0.690. The molecule has 110 valence electrons. The van der Waals surface area contributed by atoms with Crippen LogP contribution in [0.3, 0.4) is 0 Å². The van der Waals surface area contributed by atoms with E-state index in [1.807, 2.05) is 6.07 Å². The second-order valence-electron chi connectivity index (χ2n) is 6.58. The molecule has 0 radical (unpaired) electrons. The van der Waals surface area contributed by atoms with Crippen molar-refractivity contribution in [2.24, 2.45) is 5.92 Å². The van der Waals surface area contributed by atoms with E-state index >= 15 is 0 Å². The van der Waals surface area contributed by atoms with Crippen LogP contribution in [-0.4, -0.2) is 9.97 Å². The molecule has 0 bridgehead atoms. The number of hydrogen-bond acceptors (Lipinski definition) is 2. The summed E-state index contributed by atoms with van der Waals surface area (Å²) in [6, 6.07) is 2.00. The highest BCUT2D eigenvalue weighted by molar-refractivity contribution is 6.29. The Hall–Kier alpha value is -0.630.